The van der Waals surface area contributed by atoms with Gasteiger partial charge in [-0.3, -0.25) is 9.20 Å². The number of methoxy groups -OCH3 is 1. The zero-order valence-electron chi connectivity index (χ0n) is 15.3. The molecule has 1 atom stereocenters. The molecule has 0 saturated heterocycles. The molecule has 0 spiro atoms. The molecule has 7 nitrogen and oxygen atoms in total. The molecule has 3 aromatic heterocycles. The van der Waals surface area contributed by atoms with Crippen molar-refractivity contribution >= 4 is 22.5 Å². The van der Waals surface area contributed by atoms with Crippen LogP contribution in [0.4, 0.5) is 0 Å². The molecule has 138 valence electrons. The van der Waals surface area contributed by atoms with Gasteiger partial charge in [-0.2, -0.15) is 0 Å². The van der Waals surface area contributed by atoms with Crippen LogP contribution in [-0.4, -0.2) is 32.2 Å². The van der Waals surface area contributed by atoms with E-state index in [1.807, 2.05) is 66.2 Å². The number of hydrogen-bond acceptors (Lipinski definition) is 4. The van der Waals surface area contributed by atoms with Crippen molar-refractivity contribution in [3.63, 3.8) is 0 Å². The lowest BCUT2D eigenvalue weighted by molar-refractivity contribution is -0.122. The van der Waals surface area contributed by atoms with Crippen LogP contribution in [0.15, 0.2) is 54.9 Å². The second-order valence-corrected chi connectivity index (χ2v) is 6.43. The Balaban J connectivity index is 1.43. The van der Waals surface area contributed by atoms with Crippen LogP contribution in [0.1, 0.15) is 25.2 Å². The summed E-state index contributed by atoms with van der Waals surface area (Å²) >= 11 is 0. The number of hydrogen-bond donors (Lipinski definition) is 1. The average Bonchev–Trinajstić information content (AvgIpc) is 3.30. The van der Waals surface area contributed by atoms with Crippen LogP contribution in [-0.2, 0) is 11.3 Å². The highest BCUT2D eigenvalue weighted by atomic mass is 16.5. The van der Waals surface area contributed by atoms with E-state index >= 15 is 0 Å². The van der Waals surface area contributed by atoms with Gasteiger partial charge in [0.05, 0.1) is 18.7 Å². The number of carbonyl (C=O) groups excluding carboxylic acids is 1. The second kappa shape index (κ2) is 7.11. The van der Waals surface area contributed by atoms with Gasteiger partial charge in [0, 0.05) is 30.7 Å². The third-order valence-electron chi connectivity index (χ3n) is 4.68. The fourth-order valence-corrected chi connectivity index (χ4v) is 3.32. The van der Waals surface area contributed by atoms with E-state index in [0.717, 1.165) is 28.1 Å². The second-order valence-electron chi connectivity index (χ2n) is 6.43. The quantitative estimate of drug-likeness (QED) is 0.572. The largest absolute Gasteiger partial charge is 0.496 e. The number of nitrogens with zero attached hydrogens (tertiary/aromatic N) is 4. The number of nitrogens with one attached hydrogen (secondary N) is 1. The minimum absolute atomic E-state index is 0.0278. The number of aromatic nitrogens is 4. The summed E-state index contributed by atoms with van der Waals surface area (Å²) in [5.74, 6) is 1.53. The first-order chi connectivity index (χ1) is 13.2. The van der Waals surface area contributed by atoms with E-state index in [1.54, 1.807) is 7.11 Å². The zero-order valence-corrected chi connectivity index (χ0v) is 15.3. The summed E-state index contributed by atoms with van der Waals surface area (Å²) in [5, 5.41) is 12.4. The highest BCUT2D eigenvalue weighted by Gasteiger charge is 2.16. The van der Waals surface area contributed by atoms with Gasteiger partial charge in [0.1, 0.15) is 5.75 Å². The lowest BCUT2D eigenvalue weighted by Crippen LogP contribution is -2.28. The Bertz CT molecular complexity index is 1100. The Kier molecular flexibility index (Phi) is 4.50. The molecule has 0 aliphatic heterocycles. The van der Waals surface area contributed by atoms with Crippen molar-refractivity contribution in [1.82, 2.24) is 24.5 Å². The van der Waals surface area contributed by atoms with E-state index in [-0.39, 0.29) is 11.9 Å². The van der Waals surface area contributed by atoms with E-state index in [4.69, 9.17) is 4.74 Å². The molecular weight excluding hydrogens is 342 g/mol. The van der Waals surface area contributed by atoms with E-state index in [0.29, 0.717) is 13.0 Å². The van der Waals surface area contributed by atoms with Gasteiger partial charge < -0.3 is 14.6 Å². The summed E-state index contributed by atoms with van der Waals surface area (Å²) in [6.45, 7) is 2.51. The van der Waals surface area contributed by atoms with E-state index in [9.17, 15) is 4.79 Å². The van der Waals surface area contributed by atoms with Crippen LogP contribution in [0.3, 0.4) is 0 Å². The third-order valence-corrected chi connectivity index (χ3v) is 4.68. The highest BCUT2D eigenvalue weighted by Crippen LogP contribution is 2.26. The SMILES string of the molecule is COc1cccc2c1ccn2CCC(=O)N[C@@H](C)c1nnc2ccccn12. The number of rotatable bonds is 6. The maximum Gasteiger partial charge on any atom is 0.222 e. The number of fused-ring (bicyclic) bond motifs is 2. The van der Waals surface area contributed by atoms with Gasteiger partial charge >= 0.3 is 0 Å². The van der Waals surface area contributed by atoms with Crippen molar-refractivity contribution in [2.45, 2.75) is 25.9 Å². The Labute approximate surface area is 156 Å². The summed E-state index contributed by atoms with van der Waals surface area (Å²) in [6.07, 6.45) is 4.25. The van der Waals surface area contributed by atoms with Crippen molar-refractivity contribution in [3.05, 3.63) is 60.7 Å². The summed E-state index contributed by atoms with van der Waals surface area (Å²) in [7, 11) is 1.66. The first kappa shape index (κ1) is 17.1. The van der Waals surface area contributed by atoms with Gasteiger partial charge in [0.15, 0.2) is 11.5 Å². The van der Waals surface area contributed by atoms with Gasteiger partial charge in [-0.25, -0.2) is 0 Å². The lowest BCUT2D eigenvalue weighted by atomic mass is 10.2. The number of ether oxygens (including phenoxy) is 1. The predicted molar refractivity (Wildman–Crippen MR) is 103 cm³/mol. The van der Waals surface area contributed by atoms with E-state index in [2.05, 4.69) is 20.1 Å². The summed E-state index contributed by atoms with van der Waals surface area (Å²) < 4.78 is 9.34. The van der Waals surface area contributed by atoms with E-state index < -0.39 is 0 Å². The Morgan fingerprint density at radius 2 is 2.04 bits per heavy atom. The lowest BCUT2D eigenvalue weighted by Gasteiger charge is -2.13. The topological polar surface area (TPSA) is 73.4 Å². The molecular formula is C20H21N5O2. The zero-order chi connectivity index (χ0) is 18.8. The number of pyridine rings is 1. The molecule has 0 radical (unpaired) electrons. The van der Waals surface area contributed by atoms with Crippen LogP contribution in [0.5, 0.6) is 5.75 Å². The molecule has 0 saturated carbocycles. The van der Waals surface area contributed by atoms with Gasteiger partial charge in [-0.15, -0.1) is 10.2 Å². The minimum Gasteiger partial charge on any atom is -0.496 e. The molecule has 3 heterocycles. The maximum absolute atomic E-state index is 12.4. The van der Waals surface area contributed by atoms with Crippen molar-refractivity contribution < 1.29 is 9.53 Å². The minimum atomic E-state index is -0.226. The van der Waals surface area contributed by atoms with Crippen LogP contribution < -0.4 is 10.1 Å². The summed E-state index contributed by atoms with van der Waals surface area (Å²) in [6, 6.07) is 13.4. The molecule has 1 N–H and O–H groups in total. The monoisotopic (exact) mass is 363 g/mol. The van der Waals surface area contributed by atoms with Gasteiger partial charge in [-0.05, 0) is 37.3 Å². The highest BCUT2D eigenvalue weighted by molar-refractivity contribution is 5.86. The third kappa shape index (κ3) is 3.23. The van der Waals surface area contributed by atoms with Crippen molar-refractivity contribution in [1.29, 1.82) is 0 Å². The van der Waals surface area contributed by atoms with Crippen molar-refractivity contribution in [3.8, 4) is 5.75 Å². The standard InChI is InChI=1S/C20H21N5O2/c1-14(20-23-22-18-8-3-4-11-25(18)20)21-19(26)10-13-24-12-9-15-16(24)6-5-7-17(15)27-2/h3-9,11-12,14H,10,13H2,1-2H3,(H,21,26)/t14-/m0/s1. The van der Waals surface area contributed by atoms with Gasteiger partial charge in [0.2, 0.25) is 5.91 Å². The van der Waals surface area contributed by atoms with Crippen LogP contribution >= 0.6 is 0 Å². The molecule has 4 rings (SSSR count). The van der Waals surface area contributed by atoms with Crippen molar-refractivity contribution in [2.24, 2.45) is 0 Å². The smallest absolute Gasteiger partial charge is 0.222 e. The normalized spacial score (nSPS) is 12.4. The van der Waals surface area contributed by atoms with Crippen LogP contribution in [0.25, 0.3) is 16.6 Å². The molecule has 0 aliphatic rings. The summed E-state index contributed by atoms with van der Waals surface area (Å²) in [5.41, 5.74) is 1.82. The number of aryl methyl sites for hydroxylation is 1. The first-order valence-corrected chi connectivity index (χ1v) is 8.88. The summed E-state index contributed by atoms with van der Waals surface area (Å²) in [4.78, 5) is 12.4. The molecule has 1 aromatic carbocycles. The number of benzene rings is 1. The molecule has 1 amide bonds. The Morgan fingerprint density at radius 3 is 2.89 bits per heavy atom. The van der Waals surface area contributed by atoms with Crippen LogP contribution in [0.2, 0.25) is 0 Å². The van der Waals surface area contributed by atoms with Gasteiger partial charge in [0.25, 0.3) is 0 Å². The number of carbonyl (C=O) groups is 1. The Hall–Kier alpha value is -3.35. The fraction of sp³-hybridized carbons (Fsp3) is 0.250. The van der Waals surface area contributed by atoms with E-state index in [1.165, 1.54) is 0 Å². The van der Waals surface area contributed by atoms with Crippen LogP contribution in [0, 0.1) is 0 Å². The molecule has 0 unspecified atom stereocenters. The van der Waals surface area contributed by atoms with Gasteiger partial charge in [-0.1, -0.05) is 12.1 Å². The molecule has 0 aliphatic carbocycles. The fourth-order valence-electron chi connectivity index (χ4n) is 3.32. The molecule has 4 aromatic rings. The van der Waals surface area contributed by atoms with Crippen molar-refractivity contribution in [2.75, 3.05) is 7.11 Å². The molecule has 7 heteroatoms. The molecule has 0 fully saturated rings. The predicted octanol–water partition coefficient (Wildman–Crippen LogP) is 2.96. The number of amides is 1. The average molecular weight is 363 g/mol. The first-order valence-electron chi connectivity index (χ1n) is 8.88. The maximum atomic E-state index is 12.4. The Morgan fingerprint density at radius 1 is 1.15 bits per heavy atom. The molecule has 0 bridgehead atoms. The molecule has 27 heavy (non-hydrogen) atoms.